The number of rotatable bonds is 5. The second-order valence-electron chi connectivity index (χ2n) is 6.61. The van der Waals surface area contributed by atoms with Crippen molar-refractivity contribution >= 4 is 34.8 Å². The second kappa shape index (κ2) is 9.76. The van der Waals surface area contributed by atoms with E-state index < -0.39 is 11.7 Å². The SMILES string of the molecule is CN(Cc1ccccc1)C(=O)c1ccccc1NC(=S)NC(=O)c1ccc(F)cc1. The van der Waals surface area contributed by atoms with Crippen LogP contribution in [0.5, 0.6) is 0 Å². The highest BCUT2D eigenvalue weighted by molar-refractivity contribution is 7.80. The Hall–Kier alpha value is -3.58. The molecule has 0 spiro atoms. The number of thiocarbonyl (C=S) groups is 1. The van der Waals surface area contributed by atoms with E-state index in [1.165, 1.54) is 24.3 Å². The molecule has 7 heteroatoms. The topological polar surface area (TPSA) is 61.4 Å². The highest BCUT2D eigenvalue weighted by atomic mass is 32.1. The van der Waals surface area contributed by atoms with Gasteiger partial charge in [-0.25, -0.2) is 4.39 Å². The number of nitrogens with zero attached hydrogens (tertiary/aromatic N) is 1. The van der Waals surface area contributed by atoms with Gasteiger partial charge in [-0.15, -0.1) is 0 Å². The van der Waals surface area contributed by atoms with E-state index in [4.69, 9.17) is 12.2 Å². The molecule has 0 saturated heterocycles. The quantitative estimate of drug-likeness (QED) is 0.606. The minimum absolute atomic E-state index is 0.0373. The number of halogens is 1. The van der Waals surface area contributed by atoms with E-state index in [0.717, 1.165) is 5.56 Å². The Morgan fingerprint density at radius 2 is 1.57 bits per heavy atom. The first-order valence-corrected chi connectivity index (χ1v) is 9.61. The first kappa shape index (κ1) is 21.1. The second-order valence-corrected chi connectivity index (χ2v) is 7.02. The van der Waals surface area contributed by atoms with Crippen molar-refractivity contribution in [1.29, 1.82) is 0 Å². The summed E-state index contributed by atoms with van der Waals surface area (Å²) in [6, 6.07) is 21.7. The van der Waals surface area contributed by atoms with Gasteiger partial charge in [0.25, 0.3) is 11.8 Å². The predicted molar refractivity (Wildman–Crippen MR) is 119 cm³/mol. The molecule has 3 aromatic carbocycles. The molecule has 0 fully saturated rings. The van der Waals surface area contributed by atoms with Crippen molar-refractivity contribution in [3.8, 4) is 0 Å². The van der Waals surface area contributed by atoms with Crippen LogP contribution < -0.4 is 10.6 Å². The fourth-order valence-electron chi connectivity index (χ4n) is 2.84. The molecule has 5 nitrogen and oxygen atoms in total. The molecule has 152 valence electrons. The smallest absolute Gasteiger partial charge is 0.257 e. The zero-order valence-electron chi connectivity index (χ0n) is 16.3. The van der Waals surface area contributed by atoms with Crippen LogP contribution in [-0.2, 0) is 6.54 Å². The molecule has 0 radical (unpaired) electrons. The molecule has 0 heterocycles. The van der Waals surface area contributed by atoms with Crippen molar-refractivity contribution in [3.63, 3.8) is 0 Å². The van der Waals surface area contributed by atoms with E-state index in [1.807, 2.05) is 30.3 Å². The first-order chi connectivity index (χ1) is 14.4. The van der Waals surface area contributed by atoms with Gasteiger partial charge in [0.15, 0.2) is 5.11 Å². The molecule has 30 heavy (non-hydrogen) atoms. The lowest BCUT2D eigenvalue weighted by atomic mass is 10.1. The van der Waals surface area contributed by atoms with Crippen LogP contribution >= 0.6 is 12.2 Å². The lowest BCUT2D eigenvalue weighted by molar-refractivity contribution is 0.0786. The number of hydrogen-bond acceptors (Lipinski definition) is 3. The fraction of sp³-hybridized carbons (Fsp3) is 0.0870. The summed E-state index contributed by atoms with van der Waals surface area (Å²) in [6.45, 7) is 0.458. The van der Waals surface area contributed by atoms with Gasteiger partial charge >= 0.3 is 0 Å². The Labute approximate surface area is 179 Å². The van der Waals surface area contributed by atoms with Gasteiger partial charge < -0.3 is 10.2 Å². The van der Waals surface area contributed by atoms with E-state index in [2.05, 4.69) is 10.6 Å². The summed E-state index contributed by atoms with van der Waals surface area (Å²) >= 11 is 5.21. The van der Waals surface area contributed by atoms with Gasteiger partial charge in [0.05, 0.1) is 11.3 Å². The van der Waals surface area contributed by atoms with Crippen molar-refractivity contribution < 1.29 is 14.0 Å². The van der Waals surface area contributed by atoms with Gasteiger partial charge in [0.1, 0.15) is 5.82 Å². The third kappa shape index (κ3) is 5.48. The molecular weight excluding hydrogens is 401 g/mol. The zero-order chi connectivity index (χ0) is 21.5. The molecular formula is C23H20FN3O2S. The van der Waals surface area contributed by atoms with Crippen molar-refractivity contribution in [2.75, 3.05) is 12.4 Å². The molecule has 0 aromatic heterocycles. The number of benzene rings is 3. The van der Waals surface area contributed by atoms with Crippen LogP contribution in [0, 0.1) is 5.82 Å². The van der Waals surface area contributed by atoms with Crippen molar-refractivity contribution in [2.45, 2.75) is 6.54 Å². The van der Waals surface area contributed by atoms with E-state index in [-0.39, 0.29) is 16.6 Å². The van der Waals surface area contributed by atoms with Crippen LogP contribution in [0.15, 0.2) is 78.9 Å². The number of nitrogens with one attached hydrogen (secondary N) is 2. The Balaban J connectivity index is 1.68. The zero-order valence-corrected chi connectivity index (χ0v) is 17.1. The number of carbonyl (C=O) groups is 2. The van der Waals surface area contributed by atoms with Gasteiger partial charge in [0.2, 0.25) is 0 Å². The average Bonchev–Trinajstić information content (AvgIpc) is 2.74. The summed E-state index contributed by atoms with van der Waals surface area (Å²) in [5.74, 6) is -1.09. The fourth-order valence-corrected chi connectivity index (χ4v) is 3.05. The van der Waals surface area contributed by atoms with Gasteiger partial charge in [-0.3, -0.25) is 14.9 Å². The molecule has 0 unspecified atom stereocenters. The Morgan fingerprint density at radius 1 is 0.933 bits per heavy atom. The maximum atomic E-state index is 13.0. The third-order valence-electron chi connectivity index (χ3n) is 4.35. The maximum Gasteiger partial charge on any atom is 0.257 e. The lowest BCUT2D eigenvalue weighted by Crippen LogP contribution is -2.35. The number of anilines is 1. The molecule has 2 amide bonds. The minimum Gasteiger partial charge on any atom is -0.337 e. The van der Waals surface area contributed by atoms with Gasteiger partial charge in [0, 0.05) is 19.2 Å². The summed E-state index contributed by atoms with van der Waals surface area (Å²) in [5, 5.41) is 5.47. The Bertz CT molecular complexity index is 1060. The highest BCUT2D eigenvalue weighted by Gasteiger charge is 2.17. The Kier molecular flexibility index (Phi) is 6.87. The van der Waals surface area contributed by atoms with Crippen molar-refractivity contribution in [2.24, 2.45) is 0 Å². The molecule has 3 rings (SSSR count). The van der Waals surface area contributed by atoms with Gasteiger partial charge in [-0.2, -0.15) is 0 Å². The standard InChI is InChI=1S/C23H20FN3O2S/c1-27(15-16-7-3-2-4-8-16)22(29)19-9-5-6-10-20(19)25-23(30)26-21(28)17-11-13-18(24)14-12-17/h2-14H,15H2,1H3,(H2,25,26,28,30). The number of hydrogen-bond donors (Lipinski definition) is 2. The molecule has 0 atom stereocenters. The molecule has 0 aliphatic heterocycles. The molecule has 0 bridgehead atoms. The lowest BCUT2D eigenvalue weighted by Gasteiger charge is -2.20. The predicted octanol–water partition coefficient (Wildman–Crippen LogP) is 4.22. The maximum absolute atomic E-state index is 13.0. The number of carbonyl (C=O) groups excluding carboxylic acids is 2. The van der Waals surface area contributed by atoms with Crippen molar-refractivity contribution in [1.82, 2.24) is 10.2 Å². The molecule has 3 aromatic rings. The molecule has 0 aliphatic rings. The largest absolute Gasteiger partial charge is 0.337 e. The summed E-state index contributed by atoms with van der Waals surface area (Å²) in [6.07, 6.45) is 0. The number of amides is 2. The monoisotopic (exact) mass is 421 g/mol. The van der Waals surface area contributed by atoms with Crippen LogP contribution in [0.1, 0.15) is 26.3 Å². The van der Waals surface area contributed by atoms with Crippen LogP contribution in [0.3, 0.4) is 0 Å². The third-order valence-corrected chi connectivity index (χ3v) is 4.55. The molecule has 2 N–H and O–H groups in total. The van der Waals surface area contributed by atoms with Gasteiger partial charge in [-0.05, 0) is 54.2 Å². The van der Waals surface area contributed by atoms with Crippen LogP contribution in [0.2, 0.25) is 0 Å². The van der Waals surface area contributed by atoms with E-state index in [1.54, 1.807) is 36.2 Å². The van der Waals surface area contributed by atoms with Crippen molar-refractivity contribution in [3.05, 3.63) is 101 Å². The highest BCUT2D eigenvalue weighted by Crippen LogP contribution is 2.18. The van der Waals surface area contributed by atoms with E-state index in [0.29, 0.717) is 17.8 Å². The van der Waals surface area contributed by atoms with E-state index >= 15 is 0 Å². The van der Waals surface area contributed by atoms with Crippen LogP contribution in [0.25, 0.3) is 0 Å². The summed E-state index contributed by atoms with van der Waals surface area (Å²) < 4.78 is 13.0. The summed E-state index contributed by atoms with van der Waals surface area (Å²) in [4.78, 5) is 26.8. The normalized spacial score (nSPS) is 10.2. The minimum atomic E-state index is -0.475. The summed E-state index contributed by atoms with van der Waals surface area (Å²) in [7, 11) is 1.72. The molecule has 0 aliphatic carbocycles. The van der Waals surface area contributed by atoms with Gasteiger partial charge in [-0.1, -0.05) is 42.5 Å². The number of para-hydroxylation sites is 1. The average molecular weight is 421 g/mol. The first-order valence-electron chi connectivity index (χ1n) is 9.20. The van der Waals surface area contributed by atoms with E-state index in [9.17, 15) is 14.0 Å². The Morgan fingerprint density at radius 3 is 2.27 bits per heavy atom. The molecule has 0 saturated carbocycles. The van der Waals surface area contributed by atoms with Crippen LogP contribution in [-0.4, -0.2) is 28.9 Å². The van der Waals surface area contributed by atoms with Crippen LogP contribution in [0.4, 0.5) is 10.1 Å². The summed E-state index contributed by atoms with van der Waals surface area (Å²) in [5.41, 5.74) is 2.19.